The maximum atomic E-state index is 14.6. The molecule has 12 nitrogen and oxygen atoms in total. The van der Waals surface area contributed by atoms with Crippen LogP contribution in [0.2, 0.25) is 0 Å². The van der Waals surface area contributed by atoms with Crippen molar-refractivity contribution < 1.29 is 19.4 Å². The summed E-state index contributed by atoms with van der Waals surface area (Å²) in [5, 5.41) is 19.8. The molecule has 3 aromatic rings. The Bertz CT molecular complexity index is 1620. The first-order valence-corrected chi connectivity index (χ1v) is 15.3. The SMILES string of the molecule is CC(C)(C)CCNC(=O)[C@]1(Cc2ccccc2CN=[N+]=[N-])N=C(c2ccc(OCCCO)cc2)O[C@@H]1c1ccccc1CN=[N+]=[N-]. The molecule has 0 bridgehead atoms. The zero-order valence-electron chi connectivity index (χ0n) is 26.5. The van der Waals surface area contributed by atoms with Gasteiger partial charge in [0, 0.05) is 41.4 Å². The van der Waals surface area contributed by atoms with Crippen LogP contribution in [0.25, 0.3) is 20.9 Å². The molecule has 1 heterocycles. The lowest BCUT2D eigenvalue weighted by Gasteiger charge is -2.32. The summed E-state index contributed by atoms with van der Waals surface area (Å²) >= 11 is 0. The van der Waals surface area contributed by atoms with Gasteiger partial charge in [0.05, 0.1) is 19.7 Å². The lowest BCUT2D eigenvalue weighted by molar-refractivity contribution is -0.129. The fraction of sp³-hybridized carbons (Fsp3) is 0.412. The number of carbonyl (C=O) groups excluding carboxylic acids is 1. The Morgan fingerprint density at radius 2 is 1.61 bits per heavy atom. The van der Waals surface area contributed by atoms with Crippen molar-refractivity contribution in [3.05, 3.63) is 121 Å². The van der Waals surface area contributed by atoms with Gasteiger partial charge < -0.3 is 19.9 Å². The molecule has 1 aliphatic heterocycles. The van der Waals surface area contributed by atoms with E-state index in [1.807, 2.05) is 60.7 Å². The van der Waals surface area contributed by atoms with Crippen LogP contribution >= 0.6 is 0 Å². The molecule has 12 heteroatoms. The zero-order valence-corrected chi connectivity index (χ0v) is 26.5. The highest BCUT2D eigenvalue weighted by Gasteiger charge is 2.54. The summed E-state index contributed by atoms with van der Waals surface area (Å²) in [5.74, 6) is 0.604. The molecule has 0 unspecified atom stereocenters. The van der Waals surface area contributed by atoms with Crippen molar-refractivity contribution in [1.82, 2.24) is 5.32 Å². The lowest BCUT2D eigenvalue weighted by Crippen LogP contribution is -2.50. The minimum absolute atomic E-state index is 0.00869. The van der Waals surface area contributed by atoms with E-state index in [0.29, 0.717) is 42.0 Å². The molecular weight excluding hydrogens is 584 g/mol. The highest BCUT2D eigenvalue weighted by atomic mass is 16.5. The minimum atomic E-state index is -1.47. The van der Waals surface area contributed by atoms with Crippen molar-refractivity contribution in [2.75, 3.05) is 19.8 Å². The second-order valence-corrected chi connectivity index (χ2v) is 12.3. The Kier molecular flexibility index (Phi) is 11.6. The third-order valence-corrected chi connectivity index (χ3v) is 7.71. The molecule has 4 rings (SSSR count). The second-order valence-electron chi connectivity index (χ2n) is 12.3. The fourth-order valence-electron chi connectivity index (χ4n) is 5.29. The molecule has 0 aromatic heterocycles. The van der Waals surface area contributed by atoms with Gasteiger partial charge in [0.2, 0.25) is 5.90 Å². The number of carbonyl (C=O) groups is 1. The summed E-state index contributed by atoms with van der Waals surface area (Å²) < 4.78 is 12.4. The van der Waals surface area contributed by atoms with Crippen LogP contribution in [0.3, 0.4) is 0 Å². The van der Waals surface area contributed by atoms with Crippen LogP contribution in [0, 0.1) is 5.41 Å². The van der Waals surface area contributed by atoms with Crippen molar-refractivity contribution in [3.63, 3.8) is 0 Å². The van der Waals surface area contributed by atoms with E-state index in [2.05, 4.69) is 46.1 Å². The van der Waals surface area contributed by atoms with Gasteiger partial charge in [0.1, 0.15) is 5.75 Å². The van der Waals surface area contributed by atoms with Crippen LogP contribution in [0.5, 0.6) is 5.75 Å². The third kappa shape index (κ3) is 8.57. The molecule has 0 spiro atoms. The van der Waals surface area contributed by atoms with E-state index >= 15 is 0 Å². The van der Waals surface area contributed by atoms with Crippen LogP contribution in [0.1, 0.15) is 67.5 Å². The molecule has 0 saturated carbocycles. The molecular formula is C34H40N8O4. The fourth-order valence-corrected chi connectivity index (χ4v) is 5.29. The number of hydrogen-bond donors (Lipinski definition) is 2. The molecule has 0 radical (unpaired) electrons. The van der Waals surface area contributed by atoms with Gasteiger partial charge in [0.15, 0.2) is 11.6 Å². The summed E-state index contributed by atoms with van der Waals surface area (Å²) in [6.07, 6.45) is 0.533. The van der Waals surface area contributed by atoms with Gasteiger partial charge in [-0.05, 0) is 69.4 Å². The number of nitrogens with one attached hydrogen (secondary N) is 1. The standard InChI is InChI=1S/C34H40N8O4/c1-33(2,3)17-18-37-32(44)34(21-25-9-4-5-10-26(25)22-38-41-35)30(29-12-7-6-11-27(29)23-39-42-36)46-31(40-34)24-13-15-28(16-14-24)45-20-8-19-43/h4-7,9-16,30,43H,8,17-23H2,1-3H3,(H,37,44)/t30-,34-/m1/s1. The molecule has 1 amide bonds. The van der Waals surface area contributed by atoms with Crippen LogP contribution in [0.4, 0.5) is 0 Å². The predicted molar refractivity (Wildman–Crippen MR) is 176 cm³/mol. The third-order valence-electron chi connectivity index (χ3n) is 7.71. The summed E-state index contributed by atoms with van der Waals surface area (Å²) in [6.45, 7) is 7.37. The van der Waals surface area contributed by atoms with Crippen molar-refractivity contribution in [2.45, 2.75) is 64.8 Å². The van der Waals surface area contributed by atoms with E-state index in [1.165, 1.54) is 0 Å². The topological polar surface area (TPSA) is 178 Å². The van der Waals surface area contributed by atoms with Crippen molar-refractivity contribution >= 4 is 11.8 Å². The van der Waals surface area contributed by atoms with Crippen molar-refractivity contribution in [1.29, 1.82) is 0 Å². The van der Waals surface area contributed by atoms with Crippen LogP contribution in [-0.2, 0) is 29.0 Å². The van der Waals surface area contributed by atoms with Crippen molar-refractivity contribution in [3.8, 4) is 5.75 Å². The van der Waals surface area contributed by atoms with E-state index in [9.17, 15) is 4.79 Å². The number of ether oxygens (including phenoxy) is 2. The second kappa shape index (κ2) is 15.8. The normalized spacial score (nSPS) is 17.2. The Hall–Kier alpha value is -5.02. The molecule has 2 N–H and O–H groups in total. The maximum absolute atomic E-state index is 14.6. The van der Waals surface area contributed by atoms with E-state index in [-0.39, 0.29) is 43.3 Å². The minimum Gasteiger partial charge on any atom is -0.494 e. The molecule has 240 valence electrons. The number of rotatable bonds is 15. The Morgan fingerprint density at radius 1 is 0.978 bits per heavy atom. The van der Waals surface area contributed by atoms with Crippen LogP contribution < -0.4 is 10.1 Å². The van der Waals surface area contributed by atoms with Gasteiger partial charge in [-0.15, -0.1) is 0 Å². The molecule has 0 saturated heterocycles. The number of benzene rings is 3. The highest BCUT2D eigenvalue weighted by molar-refractivity contribution is 6.01. The Morgan fingerprint density at radius 3 is 2.26 bits per heavy atom. The van der Waals surface area contributed by atoms with Gasteiger partial charge in [-0.3, -0.25) is 4.79 Å². The first-order valence-electron chi connectivity index (χ1n) is 15.3. The summed E-state index contributed by atoms with van der Waals surface area (Å²) in [7, 11) is 0. The van der Waals surface area contributed by atoms with Gasteiger partial charge in [0.25, 0.3) is 5.91 Å². The molecule has 0 fully saturated rings. The number of nitrogens with zero attached hydrogens (tertiary/aromatic N) is 7. The number of aliphatic imine (C=N–C) groups is 1. The van der Waals surface area contributed by atoms with E-state index in [0.717, 1.165) is 17.5 Å². The Labute approximate surface area is 268 Å². The summed E-state index contributed by atoms with van der Waals surface area (Å²) in [5.41, 5.74) is 20.3. The first-order chi connectivity index (χ1) is 22.2. The highest BCUT2D eigenvalue weighted by Crippen LogP contribution is 2.44. The maximum Gasteiger partial charge on any atom is 0.252 e. The number of azide groups is 2. The number of amides is 1. The number of aliphatic hydroxyl groups is 1. The van der Waals surface area contributed by atoms with E-state index < -0.39 is 11.6 Å². The monoisotopic (exact) mass is 624 g/mol. The summed E-state index contributed by atoms with van der Waals surface area (Å²) in [4.78, 5) is 25.6. The molecule has 2 atom stereocenters. The number of aliphatic hydroxyl groups excluding tert-OH is 1. The van der Waals surface area contributed by atoms with E-state index in [4.69, 9.17) is 30.6 Å². The first kappa shape index (κ1) is 33.9. The van der Waals surface area contributed by atoms with E-state index in [1.54, 1.807) is 12.1 Å². The Balaban J connectivity index is 1.87. The largest absolute Gasteiger partial charge is 0.494 e. The molecule has 3 aromatic carbocycles. The van der Waals surface area contributed by atoms with Gasteiger partial charge in [-0.25, -0.2) is 4.99 Å². The number of hydrogen-bond acceptors (Lipinski definition) is 7. The van der Waals surface area contributed by atoms with Gasteiger partial charge in [-0.2, -0.15) is 0 Å². The average Bonchev–Trinajstić information content (AvgIpc) is 3.43. The van der Waals surface area contributed by atoms with Gasteiger partial charge >= 0.3 is 0 Å². The van der Waals surface area contributed by atoms with Crippen LogP contribution in [0.15, 0.2) is 88.0 Å². The quantitative estimate of drug-likeness (QED) is 0.0792. The molecule has 1 aliphatic rings. The summed E-state index contributed by atoms with van der Waals surface area (Å²) in [6, 6.07) is 22.2. The van der Waals surface area contributed by atoms with Gasteiger partial charge in [-0.1, -0.05) is 79.5 Å². The molecule has 46 heavy (non-hydrogen) atoms. The van der Waals surface area contributed by atoms with Crippen LogP contribution in [-0.4, -0.2) is 42.2 Å². The molecule has 0 aliphatic carbocycles. The predicted octanol–water partition coefficient (Wildman–Crippen LogP) is 7.12. The average molecular weight is 625 g/mol. The zero-order chi connectivity index (χ0) is 33.0. The van der Waals surface area contributed by atoms with Crippen molar-refractivity contribution in [2.24, 2.45) is 20.6 Å². The lowest BCUT2D eigenvalue weighted by atomic mass is 9.79. The smallest absolute Gasteiger partial charge is 0.252 e.